The molecule has 0 atom stereocenters. The molecule has 0 aliphatic rings. The van der Waals surface area contributed by atoms with Crippen LogP contribution in [0.4, 0.5) is 5.69 Å². The van der Waals surface area contributed by atoms with Crippen LogP contribution >= 0.6 is 11.6 Å². The second-order valence-corrected chi connectivity index (χ2v) is 2.38. The van der Waals surface area contributed by atoms with Gasteiger partial charge in [-0.1, -0.05) is 23.7 Å². The predicted octanol–water partition coefficient (Wildman–Crippen LogP) is 2.17. The van der Waals surface area contributed by atoms with Crippen molar-refractivity contribution in [3.8, 4) is 0 Å². The Morgan fingerprint density at radius 1 is 1.40 bits per heavy atom. The van der Waals surface area contributed by atoms with Crippen molar-refractivity contribution in [1.82, 2.24) is 0 Å². The highest BCUT2D eigenvalue weighted by Gasteiger charge is 1.99. The molecule has 0 radical (unpaired) electrons. The lowest BCUT2D eigenvalue weighted by Crippen LogP contribution is -2.09. The smallest absolute Gasteiger partial charge is 0.0816 e. The van der Waals surface area contributed by atoms with Crippen molar-refractivity contribution in [3.05, 3.63) is 29.3 Å². The molecule has 0 aromatic heterocycles. The summed E-state index contributed by atoms with van der Waals surface area (Å²) in [6, 6.07) is 7.09. The van der Waals surface area contributed by atoms with Crippen LogP contribution in [0.1, 0.15) is 0 Å². The maximum Gasteiger partial charge on any atom is 0.0816 e. The van der Waals surface area contributed by atoms with Gasteiger partial charge in [0.2, 0.25) is 0 Å². The molecule has 54 valence electrons. The lowest BCUT2D eigenvalue weighted by atomic mass is 10.3. The molecule has 0 fully saturated rings. The summed E-state index contributed by atoms with van der Waals surface area (Å²) in [5.74, 6) is 0. The highest BCUT2D eigenvalue weighted by molar-refractivity contribution is 6.33. The molecule has 0 aliphatic carbocycles. The van der Waals surface area contributed by atoms with Crippen molar-refractivity contribution in [3.63, 3.8) is 0 Å². The average molecular weight is 158 g/mol. The molecule has 1 N–H and O–H groups in total. The third-order valence-electron chi connectivity index (χ3n) is 1.20. The van der Waals surface area contributed by atoms with Crippen LogP contribution in [0.3, 0.4) is 0 Å². The maximum atomic E-state index is 8.95. The zero-order chi connectivity index (χ0) is 7.56. The highest BCUT2D eigenvalue weighted by atomic mass is 35.5. The number of hydrogen-bond donors (Lipinski definition) is 1. The monoisotopic (exact) mass is 157 g/mol. The van der Waals surface area contributed by atoms with Gasteiger partial charge in [0.05, 0.1) is 10.7 Å². The summed E-state index contributed by atoms with van der Waals surface area (Å²) in [5, 5.41) is 10.5. The number of anilines is 1. The van der Waals surface area contributed by atoms with Gasteiger partial charge in [0.15, 0.2) is 0 Å². The molecule has 0 saturated heterocycles. The molecular weight excluding hydrogens is 150 g/mol. The van der Waals surface area contributed by atoms with Crippen LogP contribution in [-0.2, 0) is 0 Å². The molecule has 0 heterocycles. The first-order valence-corrected chi connectivity index (χ1v) is 3.27. The number of hydroxylamine groups is 1. The van der Waals surface area contributed by atoms with E-state index in [4.69, 9.17) is 16.8 Å². The molecule has 0 aliphatic heterocycles. The summed E-state index contributed by atoms with van der Waals surface area (Å²) >= 11 is 5.72. The largest absolute Gasteiger partial charge is 0.289 e. The molecule has 1 aromatic carbocycles. The van der Waals surface area contributed by atoms with Crippen molar-refractivity contribution >= 4 is 17.3 Å². The maximum absolute atomic E-state index is 8.95. The van der Waals surface area contributed by atoms with Crippen molar-refractivity contribution in [2.45, 2.75) is 0 Å². The second kappa shape index (κ2) is 2.90. The van der Waals surface area contributed by atoms with Crippen LogP contribution in [-0.4, -0.2) is 12.3 Å². The Balaban J connectivity index is 3.03. The van der Waals surface area contributed by atoms with Gasteiger partial charge in [0.25, 0.3) is 0 Å². The molecule has 1 aromatic rings. The summed E-state index contributed by atoms with van der Waals surface area (Å²) in [7, 11) is 1.53. The van der Waals surface area contributed by atoms with E-state index in [0.717, 1.165) is 5.06 Å². The fourth-order valence-electron chi connectivity index (χ4n) is 0.714. The van der Waals surface area contributed by atoms with Gasteiger partial charge in [-0.05, 0) is 12.1 Å². The van der Waals surface area contributed by atoms with Crippen molar-refractivity contribution in [2.24, 2.45) is 0 Å². The molecule has 0 amide bonds. The van der Waals surface area contributed by atoms with E-state index < -0.39 is 0 Å². The lowest BCUT2D eigenvalue weighted by molar-refractivity contribution is 0.279. The van der Waals surface area contributed by atoms with Gasteiger partial charge in [0.1, 0.15) is 0 Å². The number of para-hydroxylation sites is 1. The van der Waals surface area contributed by atoms with Crippen LogP contribution < -0.4 is 5.06 Å². The fraction of sp³-hybridized carbons (Fsp3) is 0.143. The van der Waals surface area contributed by atoms with Gasteiger partial charge in [0, 0.05) is 7.05 Å². The Bertz CT molecular complexity index is 225. The zero-order valence-corrected chi connectivity index (χ0v) is 6.34. The van der Waals surface area contributed by atoms with Crippen molar-refractivity contribution in [2.75, 3.05) is 12.1 Å². The van der Waals surface area contributed by atoms with Gasteiger partial charge in [-0.15, -0.1) is 0 Å². The summed E-state index contributed by atoms with van der Waals surface area (Å²) in [5.41, 5.74) is 0.615. The van der Waals surface area contributed by atoms with E-state index in [1.165, 1.54) is 7.05 Å². The van der Waals surface area contributed by atoms with Gasteiger partial charge in [-0.3, -0.25) is 10.3 Å². The van der Waals surface area contributed by atoms with E-state index in [2.05, 4.69) is 0 Å². The van der Waals surface area contributed by atoms with Crippen LogP contribution in [0.25, 0.3) is 0 Å². The van der Waals surface area contributed by atoms with Gasteiger partial charge >= 0.3 is 0 Å². The minimum absolute atomic E-state index is 0.549. The number of rotatable bonds is 1. The first-order valence-electron chi connectivity index (χ1n) is 2.89. The first kappa shape index (κ1) is 7.38. The molecule has 0 bridgehead atoms. The third-order valence-corrected chi connectivity index (χ3v) is 1.52. The SMILES string of the molecule is CN(O)c1ccccc1Cl. The van der Waals surface area contributed by atoms with E-state index in [1.807, 2.05) is 12.1 Å². The molecule has 3 heteroatoms. The first-order chi connectivity index (χ1) is 4.72. The minimum atomic E-state index is 0.549. The Hall–Kier alpha value is -0.730. The Morgan fingerprint density at radius 3 is 2.40 bits per heavy atom. The van der Waals surface area contributed by atoms with Gasteiger partial charge in [-0.2, -0.15) is 0 Å². The summed E-state index contributed by atoms with van der Waals surface area (Å²) < 4.78 is 0. The molecule has 0 spiro atoms. The number of halogens is 1. The van der Waals surface area contributed by atoms with Gasteiger partial charge < -0.3 is 0 Å². The van der Waals surface area contributed by atoms with Crippen LogP contribution in [0.5, 0.6) is 0 Å². The third kappa shape index (κ3) is 1.40. The van der Waals surface area contributed by atoms with E-state index in [9.17, 15) is 0 Å². The number of hydrogen-bond acceptors (Lipinski definition) is 2. The van der Waals surface area contributed by atoms with Crippen molar-refractivity contribution in [1.29, 1.82) is 0 Å². The Morgan fingerprint density at radius 2 is 2.00 bits per heavy atom. The van der Waals surface area contributed by atoms with E-state index in [1.54, 1.807) is 12.1 Å². The molecule has 1 rings (SSSR count). The van der Waals surface area contributed by atoms with Crippen LogP contribution in [0, 0.1) is 0 Å². The predicted molar refractivity (Wildman–Crippen MR) is 41.6 cm³/mol. The molecule has 10 heavy (non-hydrogen) atoms. The van der Waals surface area contributed by atoms with Crippen LogP contribution in [0.15, 0.2) is 24.3 Å². The van der Waals surface area contributed by atoms with E-state index >= 15 is 0 Å². The topological polar surface area (TPSA) is 23.5 Å². The van der Waals surface area contributed by atoms with Crippen molar-refractivity contribution < 1.29 is 5.21 Å². The summed E-state index contributed by atoms with van der Waals surface area (Å²) in [6.07, 6.45) is 0. The summed E-state index contributed by atoms with van der Waals surface area (Å²) in [6.45, 7) is 0. The Labute approximate surface area is 64.6 Å². The number of benzene rings is 1. The van der Waals surface area contributed by atoms with Crippen LogP contribution in [0.2, 0.25) is 5.02 Å². The minimum Gasteiger partial charge on any atom is -0.289 e. The Kier molecular flexibility index (Phi) is 2.14. The van der Waals surface area contributed by atoms with E-state index in [0.29, 0.717) is 10.7 Å². The molecule has 0 unspecified atom stereocenters. The number of nitrogens with zero attached hydrogens (tertiary/aromatic N) is 1. The molecular formula is C7H8ClNO. The normalized spacial score (nSPS) is 9.50. The lowest BCUT2D eigenvalue weighted by Gasteiger charge is -2.10. The standard InChI is InChI=1S/C7H8ClNO/c1-9(10)7-5-3-2-4-6(7)8/h2-5,10H,1H3. The fourth-order valence-corrected chi connectivity index (χ4v) is 0.972. The molecule has 0 saturated carbocycles. The second-order valence-electron chi connectivity index (χ2n) is 1.98. The highest BCUT2D eigenvalue weighted by Crippen LogP contribution is 2.22. The quantitative estimate of drug-likeness (QED) is 0.632. The zero-order valence-electron chi connectivity index (χ0n) is 5.58. The van der Waals surface area contributed by atoms with Gasteiger partial charge in [-0.25, -0.2) is 0 Å². The van der Waals surface area contributed by atoms with E-state index in [-0.39, 0.29) is 0 Å². The summed E-state index contributed by atoms with van der Waals surface area (Å²) in [4.78, 5) is 0. The average Bonchev–Trinajstić information content (AvgIpc) is 1.88. The molecule has 2 nitrogen and oxygen atoms in total.